The van der Waals surface area contributed by atoms with E-state index in [1.54, 1.807) is 7.11 Å². The fourth-order valence-electron chi connectivity index (χ4n) is 1.16. The van der Waals surface area contributed by atoms with Crippen molar-refractivity contribution in [3.8, 4) is 29.4 Å². The van der Waals surface area contributed by atoms with E-state index in [1.165, 1.54) is 0 Å². The van der Waals surface area contributed by atoms with Gasteiger partial charge in [-0.25, -0.2) is 0 Å². The second-order valence-corrected chi connectivity index (χ2v) is 3.52. The number of aliphatic hydroxyl groups is 3. The van der Waals surface area contributed by atoms with E-state index < -0.39 is 0 Å². The van der Waals surface area contributed by atoms with Crippen molar-refractivity contribution < 1.29 is 24.8 Å². The fraction of sp³-hybridized carbons (Fsp3) is 0.375. The predicted molar refractivity (Wildman–Crippen MR) is 79.5 cm³/mol. The van der Waals surface area contributed by atoms with Crippen LogP contribution in [0.15, 0.2) is 24.3 Å². The average Bonchev–Trinajstić information content (AvgIpc) is 2.54. The first-order valence-corrected chi connectivity index (χ1v) is 6.23. The van der Waals surface area contributed by atoms with E-state index in [0.717, 1.165) is 11.3 Å². The van der Waals surface area contributed by atoms with Crippen LogP contribution in [0.2, 0.25) is 0 Å². The molecule has 1 aromatic carbocycles. The van der Waals surface area contributed by atoms with E-state index >= 15 is 0 Å². The third-order valence-corrected chi connectivity index (χ3v) is 2.09. The minimum atomic E-state index is -0.166. The smallest absolute Gasteiger partial charge is 0.118 e. The molecule has 0 saturated carbocycles. The zero-order valence-electron chi connectivity index (χ0n) is 12.0. The number of ether oxygens (including phenoxy) is 2. The highest BCUT2D eigenvalue weighted by Gasteiger charge is 1.93. The molecule has 3 N–H and O–H groups in total. The first kappa shape index (κ1) is 19.0. The van der Waals surface area contributed by atoms with Crippen LogP contribution < -0.4 is 4.74 Å². The zero-order chi connectivity index (χ0) is 15.8. The Bertz CT molecular complexity index is 465. The second kappa shape index (κ2) is 14.4. The Labute approximate surface area is 125 Å². The molecule has 0 bridgehead atoms. The molecule has 0 radical (unpaired) electrons. The highest BCUT2D eigenvalue weighted by molar-refractivity contribution is 5.26. The van der Waals surface area contributed by atoms with Gasteiger partial charge in [-0.3, -0.25) is 0 Å². The van der Waals surface area contributed by atoms with Crippen LogP contribution in [0, 0.1) is 23.7 Å². The normalized spacial score (nSPS) is 8.38. The molecule has 1 aromatic rings. The summed E-state index contributed by atoms with van der Waals surface area (Å²) in [6.45, 7) is 0.406. The van der Waals surface area contributed by atoms with Crippen molar-refractivity contribution >= 4 is 0 Å². The fourth-order valence-corrected chi connectivity index (χ4v) is 1.16. The molecule has 0 aliphatic rings. The van der Waals surface area contributed by atoms with Crippen molar-refractivity contribution in [2.24, 2.45) is 0 Å². The summed E-state index contributed by atoms with van der Waals surface area (Å²) in [5, 5.41) is 24.2. The van der Waals surface area contributed by atoms with E-state index in [0.29, 0.717) is 13.2 Å². The lowest BCUT2D eigenvalue weighted by Crippen LogP contribution is -1.93. The molecule has 0 spiro atoms. The molecule has 0 aliphatic carbocycles. The van der Waals surface area contributed by atoms with Crippen LogP contribution in [0.1, 0.15) is 5.56 Å². The van der Waals surface area contributed by atoms with Gasteiger partial charge in [0, 0.05) is 0 Å². The van der Waals surface area contributed by atoms with Crippen LogP contribution in [0.4, 0.5) is 0 Å². The SMILES string of the molecule is COc1ccc(COCC#CCO)cc1.OCC#CCO. The average molecular weight is 292 g/mol. The Morgan fingerprint density at radius 1 is 0.857 bits per heavy atom. The molecule has 0 atom stereocenters. The van der Waals surface area contributed by atoms with Crippen molar-refractivity contribution in [1.29, 1.82) is 0 Å². The number of aliphatic hydroxyl groups excluding tert-OH is 3. The van der Waals surface area contributed by atoms with Gasteiger partial charge in [-0.2, -0.15) is 0 Å². The Morgan fingerprint density at radius 2 is 1.38 bits per heavy atom. The van der Waals surface area contributed by atoms with Gasteiger partial charge in [-0.05, 0) is 17.7 Å². The molecule has 114 valence electrons. The van der Waals surface area contributed by atoms with Gasteiger partial charge in [-0.15, -0.1) is 0 Å². The van der Waals surface area contributed by atoms with Gasteiger partial charge in [0.15, 0.2) is 0 Å². The first-order valence-electron chi connectivity index (χ1n) is 6.23. The van der Waals surface area contributed by atoms with Crippen LogP contribution >= 0.6 is 0 Å². The summed E-state index contributed by atoms with van der Waals surface area (Å²) in [5.41, 5.74) is 1.07. The monoisotopic (exact) mass is 292 g/mol. The van der Waals surface area contributed by atoms with E-state index in [4.69, 9.17) is 24.8 Å². The Morgan fingerprint density at radius 3 is 1.86 bits per heavy atom. The van der Waals surface area contributed by atoms with Crippen LogP contribution in [-0.4, -0.2) is 48.9 Å². The van der Waals surface area contributed by atoms with Gasteiger partial charge in [0.2, 0.25) is 0 Å². The largest absolute Gasteiger partial charge is 0.497 e. The number of hydrogen-bond donors (Lipinski definition) is 3. The van der Waals surface area contributed by atoms with Crippen molar-refractivity contribution in [1.82, 2.24) is 0 Å². The van der Waals surface area contributed by atoms with E-state index in [1.807, 2.05) is 24.3 Å². The van der Waals surface area contributed by atoms with Crippen molar-refractivity contribution in [3.63, 3.8) is 0 Å². The molecule has 21 heavy (non-hydrogen) atoms. The maximum Gasteiger partial charge on any atom is 0.118 e. The molecule has 0 aromatic heterocycles. The first-order chi connectivity index (χ1) is 10.3. The topological polar surface area (TPSA) is 79.2 Å². The Kier molecular flexibility index (Phi) is 13.0. The van der Waals surface area contributed by atoms with Gasteiger partial charge in [-0.1, -0.05) is 35.8 Å². The third-order valence-electron chi connectivity index (χ3n) is 2.09. The second-order valence-electron chi connectivity index (χ2n) is 3.52. The van der Waals surface area contributed by atoms with Crippen LogP contribution in [-0.2, 0) is 11.3 Å². The summed E-state index contributed by atoms with van der Waals surface area (Å²) in [7, 11) is 1.63. The molecule has 0 aliphatic heterocycles. The number of hydrogen-bond acceptors (Lipinski definition) is 5. The van der Waals surface area contributed by atoms with Crippen LogP contribution in [0.3, 0.4) is 0 Å². The van der Waals surface area contributed by atoms with Crippen LogP contribution in [0.25, 0.3) is 0 Å². The molecule has 5 nitrogen and oxygen atoms in total. The number of benzene rings is 1. The zero-order valence-corrected chi connectivity index (χ0v) is 12.0. The molecule has 0 amide bonds. The summed E-state index contributed by atoms with van der Waals surface area (Å²) < 4.78 is 10.3. The molecule has 5 heteroatoms. The summed E-state index contributed by atoms with van der Waals surface area (Å²) in [6, 6.07) is 7.66. The lowest BCUT2D eigenvalue weighted by atomic mass is 10.2. The summed E-state index contributed by atoms with van der Waals surface area (Å²) >= 11 is 0. The van der Waals surface area contributed by atoms with Gasteiger partial charge in [0.1, 0.15) is 32.2 Å². The van der Waals surface area contributed by atoms with Crippen molar-refractivity contribution in [3.05, 3.63) is 29.8 Å². The molecule has 0 saturated heterocycles. The highest BCUT2D eigenvalue weighted by atomic mass is 16.5. The Balaban J connectivity index is 0.000000567. The third kappa shape index (κ3) is 11.5. The molecular formula is C16H20O5. The van der Waals surface area contributed by atoms with Gasteiger partial charge >= 0.3 is 0 Å². The summed E-state index contributed by atoms with van der Waals surface area (Å²) in [6.07, 6.45) is 0. The quantitative estimate of drug-likeness (QED) is 0.545. The maximum atomic E-state index is 8.40. The van der Waals surface area contributed by atoms with Crippen LogP contribution in [0.5, 0.6) is 5.75 Å². The molecule has 1 rings (SSSR count). The lowest BCUT2D eigenvalue weighted by molar-refractivity contribution is 0.153. The molecule has 0 heterocycles. The summed E-state index contributed by atoms with van der Waals surface area (Å²) in [5.74, 6) is 10.5. The highest BCUT2D eigenvalue weighted by Crippen LogP contribution is 2.11. The maximum absolute atomic E-state index is 8.40. The van der Waals surface area contributed by atoms with E-state index in [-0.39, 0.29) is 19.8 Å². The molecule has 0 fully saturated rings. The van der Waals surface area contributed by atoms with E-state index in [9.17, 15) is 0 Å². The number of methoxy groups -OCH3 is 1. The van der Waals surface area contributed by atoms with Crippen molar-refractivity contribution in [2.75, 3.05) is 33.5 Å². The lowest BCUT2D eigenvalue weighted by Gasteiger charge is -2.02. The minimum Gasteiger partial charge on any atom is -0.497 e. The van der Waals surface area contributed by atoms with Gasteiger partial charge in [0.05, 0.1) is 13.7 Å². The number of rotatable bonds is 4. The predicted octanol–water partition coefficient (Wildman–Crippen LogP) is 0.182. The minimum absolute atomic E-state index is 0.119. The standard InChI is InChI=1S/C12H14O3.C4H6O2/c1-14-12-6-4-11(5-7-12)10-15-9-3-2-8-13;5-3-1-2-4-6/h4-7,13H,8-10H2,1H3;5-6H,3-4H2. The van der Waals surface area contributed by atoms with Crippen molar-refractivity contribution in [2.45, 2.75) is 6.61 Å². The van der Waals surface area contributed by atoms with Gasteiger partial charge in [0.25, 0.3) is 0 Å². The van der Waals surface area contributed by atoms with E-state index in [2.05, 4.69) is 23.7 Å². The van der Waals surface area contributed by atoms with Gasteiger partial charge < -0.3 is 24.8 Å². The molecular weight excluding hydrogens is 272 g/mol. The molecule has 0 unspecified atom stereocenters. The summed E-state index contributed by atoms with van der Waals surface area (Å²) in [4.78, 5) is 0. The Hall–Kier alpha value is -2.02.